The Balaban J connectivity index is 1.87. The molecule has 0 bridgehead atoms. The van der Waals surface area contributed by atoms with E-state index in [2.05, 4.69) is 10.6 Å². The highest BCUT2D eigenvalue weighted by Gasteiger charge is 2.08. The average molecular weight is 363 g/mol. The summed E-state index contributed by atoms with van der Waals surface area (Å²) in [4.78, 5) is 23.4. The van der Waals surface area contributed by atoms with Crippen LogP contribution in [0.2, 0.25) is 0 Å². The number of ether oxygens (including phenoxy) is 1. The summed E-state index contributed by atoms with van der Waals surface area (Å²) in [5.74, 6) is 0.310. The summed E-state index contributed by atoms with van der Waals surface area (Å²) in [5.41, 5.74) is 2.31. The quantitative estimate of drug-likeness (QED) is 0.427. The fraction of sp³-hybridized carbons (Fsp3) is 0.190. The van der Waals surface area contributed by atoms with Gasteiger partial charge in [0, 0.05) is 24.0 Å². The van der Waals surface area contributed by atoms with Crippen LogP contribution in [0.1, 0.15) is 22.8 Å². The number of hydrogen-bond acceptors (Lipinski definition) is 5. The topological polar surface area (TPSA) is 91.2 Å². The first-order valence-corrected chi connectivity index (χ1v) is 8.42. The van der Waals surface area contributed by atoms with Crippen LogP contribution >= 0.6 is 0 Å². The molecule has 0 aliphatic carbocycles. The van der Waals surface area contributed by atoms with E-state index in [0.717, 1.165) is 11.3 Å². The zero-order chi connectivity index (χ0) is 19.6. The van der Waals surface area contributed by atoms with Crippen molar-refractivity contribution in [3.05, 3.63) is 71.4 Å². The number of Topliss-reactive ketones (excluding diaryl/α,β-unsaturated/α-hetero) is 1. The van der Waals surface area contributed by atoms with Crippen molar-refractivity contribution >= 4 is 17.4 Å². The van der Waals surface area contributed by atoms with Gasteiger partial charge in [-0.1, -0.05) is 12.1 Å². The molecule has 2 aromatic carbocycles. The van der Waals surface area contributed by atoms with E-state index in [1.807, 2.05) is 30.3 Å². The van der Waals surface area contributed by atoms with Crippen LogP contribution in [0.3, 0.4) is 0 Å². The molecule has 6 heteroatoms. The maximum Gasteiger partial charge on any atom is 0.263 e. The number of benzene rings is 2. The Labute approximate surface area is 158 Å². The molecule has 0 aromatic heterocycles. The van der Waals surface area contributed by atoms with Crippen molar-refractivity contribution in [1.82, 2.24) is 5.32 Å². The van der Waals surface area contributed by atoms with Crippen LogP contribution in [0.25, 0.3) is 0 Å². The average Bonchev–Trinajstić information content (AvgIpc) is 2.69. The monoisotopic (exact) mass is 363 g/mol. The van der Waals surface area contributed by atoms with Gasteiger partial charge in [0.25, 0.3) is 5.91 Å². The molecule has 0 aliphatic rings. The second kappa shape index (κ2) is 9.78. The van der Waals surface area contributed by atoms with Gasteiger partial charge < -0.3 is 15.4 Å². The summed E-state index contributed by atoms with van der Waals surface area (Å²) in [6, 6.07) is 16.2. The molecule has 138 valence electrons. The van der Waals surface area contributed by atoms with E-state index in [1.54, 1.807) is 31.4 Å². The van der Waals surface area contributed by atoms with Crippen molar-refractivity contribution in [2.45, 2.75) is 13.3 Å². The smallest absolute Gasteiger partial charge is 0.263 e. The highest BCUT2D eigenvalue weighted by molar-refractivity contribution is 5.97. The van der Waals surface area contributed by atoms with Gasteiger partial charge in [-0.2, -0.15) is 5.26 Å². The van der Waals surface area contributed by atoms with Crippen LogP contribution < -0.4 is 15.4 Å². The molecule has 2 N–H and O–H groups in total. The van der Waals surface area contributed by atoms with Crippen LogP contribution in [-0.4, -0.2) is 25.3 Å². The normalized spacial score (nSPS) is 10.6. The van der Waals surface area contributed by atoms with Crippen molar-refractivity contribution in [2.24, 2.45) is 0 Å². The first-order chi connectivity index (χ1) is 13.0. The molecule has 2 rings (SSSR count). The molecular weight excluding hydrogens is 342 g/mol. The van der Waals surface area contributed by atoms with Crippen LogP contribution in [0.4, 0.5) is 5.69 Å². The third-order valence-corrected chi connectivity index (χ3v) is 3.90. The second-order valence-corrected chi connectivity index (χ2v) is 5.80. The summed E-state index contributed by atoms with van der Waals surface area (Å²) >= 11 is 0. The summed E-state index contributed by atoms with van der Waals surface area (Å²) in [6.45, 7) is 1.91. The van der Waals surface area contributed by atoms with Gasteiger partial charge in [-0.15, -0.1) is 0 Å². The van der Waals surface area contributed by atoms with Crippen LogP contribution in [0.5, 0.6) is 5.75 Å². The number of carbonyl (C=O) groups is 2. The predicted molar refractivity (Wildman–Crippen MR) is 103 cm³/mol. The summed E-state index contributed by atoms with van der Waals surface area (Å²) in [5, 5.41) is 14.8. The molecule has 6 nitrogen and oxygen atoms in total. The highest BCUT2D eigenvalue weighted by atomic mass is 16.5. The number of nitrogens with one attached hydrogen (secondary N) is 2. The number of carbonyl (C=O) groups excluding carboxylic acids is 2. The largest absolute Gasteiger partial charge is 0.497 e. The molecule has 0 atom stereocenters. The van der Waals surface area contributed by atoms with Gasteiger partial charge in [0.2, 0.25) is 0 Å². The maximum atomic E-state index is 12.1. The number of anilines is 1. The minimum absolute atomic E-state index is 0.0222. The second-order valence-electron chi connectivity index (χ2n) is 5.80. The fourth-order valence-electron chi connectivity index (χ4n) is 2.31. The van der Waals surface area contributed by atoms with Crippen molar-refractivity contribution in [3.8, 4) is 11.8 Å². The minimum Gasteiger partial charge on any atom is -0.497 e. The van der Waals surface area contributed by atoms with Gasteiger partial charge in [0.15, 0.2) is 5.78 Å². The molecule has 0 saturated heterocycles. The number of amides is 1. The Bertz CT molecular complexity index is 863. The molecular formula is C21H21N3O3. The maximum absolute atomic E-state index is 12.1. The number of hydrogen-bond donors (Lipinski definition) is 2. The Morgan fingerprint density at radius 3 is 2.33 bits per heavy atom. The van der Waals surface area contributed by atoms with Crippen molar-refractivity contribution < 1.29 is 14.3 Å². The zero-order valence-electron chi connectivity index (χ0n) is 15.3. The molecule has 2 aromatic rings. The Hall–Kier alpha value is -3.59. The number of nitriles is 1. The molecule has 0 unspecified atom stereocenters. The molecule has 0 radical (unpaired) electrons. The lowest BCUT2D eigenvalue weighted by molar-refractivity contribution is -0.117. The first-order valence-electron chi connectivity index (χ1n) is 8.42. The molecule has 0 fully saturated rings. The Morgan fingerprint density at radius 1 is 1.11 bits per heavy atom. The van der Waals surface area contributed by atoms with Crippen LogP contribution in [0.15, 0.2) is 60.3 Å². The van der Waals surface area contributed by atoms with Gasteiger partial charge in [0.05, 0.1) is 7.11 Å². The van der Waals surface area contributed by atoms with Crippen LogP contribution in [-0.2, 0) is 11.2 Å². The Morgan fingerprint density at radius 2 is 1.78 bits per heavy atom. The predicted octanol–water partition coefficient (Wildman–Crippen LogP) is 3.08. The zero-order valence-corrected chi connectivity index (χ0v) is 15.3. The van der Waals surface area contributed by atoms with Gasteiger partial charge >= 0.3 is 0 Å². The lowest BCUT2D eigenvalue weighted by atomic mass is 10.1. The number of rotatable bonds is 8. The lowest BCUT2D eigenvalue weighted by Gasteiger charge is -2.06. The molecule has 1 amide bonds. The van der Waals surface area contributed by atoms with E-state index in [-0.39, 0.29) is 11.4 Å². The van der Waals surface area contributed by atoms with E-state index in [4.69, 9.17) is 4.74 Å². The Kier molecular flexibility index (Phi) is 7.15. The summed E-state index contributed by atoms with van der Waals surface area (Å²) < 4.78 is 5.10. The highest BCUT2D eigenvalue weighted by Crippen LogP contribution is 2.12. The molecule has 27 heavy (non-hydrogen) atoms. The van der Waals surface area contributed by atoms with E-state index < -0.39 is 5.91 Å². The number of methoxy groups -OCH3 is 1. The van der Waals surface area contributed by atoms with Gasteiger partial charge in [-0.3, -0.25) is 9.59 Å². The van der Waals surface area contributed by atoms with Gasteiger partial charge in [-0.25, -0.2) is 0 Å². The SMILES string of the molecule is COc1ccc(CCNC(=O)/C(C#N)=C\Nc2ccc(C(C)=O)cc2)cc1. The standard InChI is InChI=1S/C21H21N3O3/c1-15(25)17-5-7-19(8-6-17)24-14-18(13-22)21(26)23-12-11-16-3-9-20(27-2)10-4-16/h3-10,14,24H,11-12H2,1-2H3,(H,23,26)/b18-14-. The van der Waals surface area contributed by atoms with E-state index >= 15 is 0 Å². The minimum atomic E-state index is -0.445. The van der Waals surface area contributed by atoms with E-state index in [9.17, 15) is 14.9 Å². The number of ketones is 1. The number of nitrogens with zero attached hydrogens (tertiary/aromatic N) is 1. The van der Waals surface area contributed by atoms with Crippen LogP contribution in [0, 0.1) is 11.3 Å². The molecule has 0 heterocycles. The van der Waals surface area contributed by atoms with E-state index in [1.165, 1.54) is 13.1 Å². The lowest BCUT2D eigenvalue weighted by Crippen LogP contribution is -2.27. The first kappa shape index (κ1) is 19.7. The fourth-order valence-corrected chi connectivity index (χ4v) is 2.31. The van der Waals surface area contributed by atoms with Crippen molar-refractivity contribution in [3.63, 3.8) is 0 Å². The molecule has 0 aliphatic heterocycles. The molecule has 0 spiro atoms. The van der Waals surface area contributed by atoms with Crippen molar-refractivity contribution in [1.29, 1.82) is 5.26 Å². The van der Waals surface area contributed by atoms with Gasteiger partial charge in [-0.05, 0) is 55.3 Å². The summed E-state index contributed by atoms with van der Waals surface area (Å²) in [7, 11) is 1.61. The third kappa shape index (κ3) is 6.01. The summed E-state index contributed by atoms with van der Waals surface area (Å²) in [6.07, 6.45) is 2.00. The van der Waals surface area contributed by atoms with E-state index in [0.29, 0.717) is 24.2 Å². The third-order valence-electron chi connectivity index (χ3n) is 3.90. The van der Waals surface area contributed by atoms with Gasteiger partial charge in [0.1, 0.15) is 17.4 Å². The van der Waals surface area contributed by atoms with Crippen molar-refractivity contribution in [2.75, 3.05) is 19.0 Å². The molecule has 0 saturated carbocycles.